The van der Waals surface area contributed by atoms with Crippen LogP contribution in [0.4, 0.5) is 5.69 Å². The lowest BCUT2D eigenvalue weighted by Crippen LogP contribution is -2.19. The van der Waals surface area contributed by atoms with E-state index >= 15 is 0 Å². The monoisotopic (exact) mass is 401 g/mol. The number of anilines is 1. The maximum atomic E-state index is 12.9. The van der Waals surface area contributed by atoms with Crippen LogP contribution in [0.25, 0.3) is 16.8 Å². The molecule has 7 heteroatoms. The maximum absolute atomic E-state index is 12.9. The summed E-state index contributed by atoms with van der Waals surface area (Å²) in [5, 5.41) is 16.3. The molecule has 0 aliphatic heterocycles. The highest BCUT2D eigenvalue weighted by Gasteiger charge is 2.21. The third kappa shape index (κ3) is 3.39. The van der Waals surface area contributed by atoms with Gasteiger partial charge in [0.15, 0.2) is 11.3 Å². The lowest BCUT2D eigenvalue weighted by atomic mass is 10.0. The summed E-state index contributed by atoms with van der Waals surface area (Å²) in [6.07, 6.45) is 0.731. The largest absolute Gasteiger partial charge is 0.497 e. The quantitative estimate of drug-likeness (QED) is 0.541. The summed E-state index contributed by atoms with van der Waals surface area (Å²) >= 11 is 0. The Morgan fingerprint density at radius 3 is 2.47 bits per heavy atom. The number of rotatable bonds is 5. The zero-order chi connectivity index (χ0) is 21.3. The minimum Gasteiger partial charge on any atom is -0.497 e. The van der Waals surface area contributed by atoms with Crippen molar-refractivity contribution in [2.45, 2.75) is 27.2 Å². The fraction of sp³-hybridized carbons (Fsp3) is 0.217. The molecule has 0 spiro atoms. The van der Waals surface area contributed by atoms with Gasteiger partial charge in [-0.15, -0.1) is 10.2 Å². The number of para-hydroxylation sites is 1. The SMILES string of the molecule is CCc1nn2c(C)c(C(=O)Nc3ccccc3C)nnc2c1-c1ccc(OC)cc1. The van der Waals surface area contributed by atoms with Gasteiger partial charge in [0.1, 0.15) is 5.75 Å². The van der Waals surface area contributed by atoms with Crippen LogP contribution in [0.1, 0.15) is 34.4 Å². The summed E-state index contributed by atoms with van der Waals surface area (Å²) in [7, 11) is 1.64. The van der Waals surface area contributed by atoms with Crippen LogP contribution in [0.5, 0.6) is 5.75 Å². The van der Waals surface area contributed by atoms with Crippen molar-refractivity contribution in [3.63, 3.8) is 0 Å². The predicted octanol–water partition coefficient (Wildman–Crippen LogP) is 4.23. The Bertz CT molecular complexity index is 1230. The highest BCUT2D eigenvalue weighted by atomic mass is 16.5. The number of ether oxygens (including phenoxy) is 1. The molecule has 7 nitrogen and oxygen atoms in total. The van der Waals surface area contributed by atoms with Gasteiger partial charge in [-0.3, -0.25) is 4.79 Å². The number of nitrogens with one attached hydrogen (secondary N) is 1. The normalized spacial score (nSPS) is 10.9. The van der Waals surface area contributed by atoms with Gasteiger partial charge in [-0.05, 0) is 49.6 Å². The van der Waals surface area contributed by atoms with Crippen LogP contribution < -0.4 is 10.1 Å². The second-order valence-corrected chi connectivity index (χ2v) is 7.04. The number of nitrogens with zero attached hydrogens (tertiary/aromatic N) is 4. The van der Waals surface area contributed by atoms with Crippen molar-refractivity contribution >= 4 is 17.2 Å². The van der Waals surface area contributed by atoms with Crippen molar-refractivity contribution in [3.05, 3.63) is 71.2 Å². The summed E-state index contributed by atoms with van der Waals surface area (Å²) in [6, 6.07) is 15.4. The second kappa shape index (κ2) is 7.94. The summed E-state index contributed by atoms with van der Waals surface area (Å²) in [6.45, 7) is 5.82. The number of hydrogen-bond donors (Lipinski definition) is 1. The van der Waals surface area contributed by atoms with E-state index in [1.54, 1.807) is 11.6 Å². The number of carbonyl (C=O) groups excluding carboxylic acids is 1. The number of fused-ring (bicyclic) bond motifs is 1. The van der Waals surface area contributed by atoms with E-state index in [1.807, 2.05) is 69.3 Å². The van der Waals surface area contributed by atoms with Crippen LogP contribution in [0.15, 0.2) is 48.5 Å². The fourth-order valence-corrected chi connectivity index (χ4v) is 3.45. The Morgan fingerprint density at radius 1 is 1.07 bits per heavy atom. The fourth-order valence-electron chi connectivity index (χ4n) is 3.45. The molecule has 0 radical (unpaired) electrons. The zero-order valence-corrected chi connectivity index (χ0v) is 17.4. The Hall–Kier alpha value is -3.74. The third-order valence-corrected chi connectivity index (χ3v) is 5.16. The molecule has 0 atom stereocenters. The number of carbonyl (C=O) groups is 1. The molecule has 0 saturated heterocycles. The molecule has 2 aromatic carbocycles. The smallest absolute Gasteiger partial charge is 0.278 e. The van der Waals surface area contributed by atoms with E-state index in [-0.39, 0.29) is 11.6 Å². The standard InChI is InChI=1S/C23H23N5O2/c1-5-18-20(16-10-12-17(30-4)13-11-16)22-26-25-21(15(3)28(22)27-18)23(29)24-19-9-7-6-8-14(19)2/h6-13H,5H2,1-4H3,(H,24,29). The molecule has 4 aromatic rings. The number of amides is 1. The number of hydrogen-bond acceptors (Lipinski definition) is 5. The summed E-state index contributed by atoms with van der Waals surface area (Å²) in [5.74, 6) is 0.474. The predicted molar refractivity (Wildman–Crippen MR) is 116 cm³/mol. The van der Waals surface area contributed by atoms with Crippen LogP contribution in [-0.2, 0) is 6.42 Å². The summed E-state index contributed by atoms with van der Waals surface area (Å²) in [5.41, 5.74) is 6.04. The van der Waals surface area contributed by atoms with Gasteiger partial charge in [-0.2, -0.15) is 5.10 Å². The van der Waals surface area contributed by atoms with E-state index in [1.165, 1.54) is 0 Å². The second-order valence-electron chi connectivity index (χ2n) is 7.04. The highest BCUT2D eigenvalue weighted by molar-refractivity contribution is 6.04. The van der Waals surface area contributed by atoms with Crippen LogP contribution in [0.2, 0.25) is 0 Å². The van der Waals surface area contributed by atoms with Crippen LogP contribution in [0.3, 0.4) is 0 Å². The van der Waals surface area contributed by atoms with Crippen molar-refractivity contribution < 1.29 is 9.53 Å². The Balaban J connectivity index is 1.77. The average Bonchev–Trinajstić information content (AvgIpc) is 3.15. The lowest BCUT2D eigenvalue weighted by molar-refractivity contribution is 0.102. The van der Waals surface area contributed by atoms with Gasteiger partial charge in [-0.25, -0.2) is 4.52 Å². The molecule has 0 aliphatic rings. The van der Waals surface area contributed by atoms with E-state index in [2.05, 4.69) is 15.5 Å². The minimum absolute atomic E-state index is 0.247. The van der Waals surface area contributed by atoms with Crippen LogP contribution in [0, 0.1) is 13.8 Å². The molecule has 4 rings (SSSR count). The topological polar surface area (TPSA) is 81.4 Å². The third-order valence-electron chi connectivity index (χ3n) is 5.16. The van der Waals surface area contributed by atoms with Gasteiger partial charge in [0, 0.05) is 5.69 Å². The molecular weight excluding hydrogens is 378 g/mol. The molecular formula is C23H23N5O2. The molecule has 2 heterocycles. The number of methoxy groups -OCH3 is 1. The van der Waals surface area contributed by atoms with Crippen LogP contribution >= 0.6 is 0 Å². The molecule has 152 valence electrons. The molecule has 0 saturated carbocycles. The van der Waals surface area contributed by atoms with Gasteiger partial charge in [0.05, 0.1) is 24.1 Å². The van der Waals surface area contributed by atoms with Gasteiger partial charge in [0.25, 0.3) is 5.91 Å². The van der Waals surface area contributed by atoms with Crippen molar-refractivity contribution in [2.75, 3.05) is 12.4 Å². The first-order valence-corrected chi connectivity index (χ1v) is 9.79. The number of aromatic nitrogens is 4. The lowest BCUT2D eigenvalue weighted by Gasteiger charge is -2.09. The molecule has 0 unspecified atom stereocenters. The molecule has 30 heavy (non-hydrogen) atoms. The first kappa shape index (κ1) is 19.6. The molecule has 0 bridgehead atoms. The van der Waals surface area contributed by atoms with Gasteiger partial charge in [0.2, 0.25) is 0 Å². The molecule has 0 fully saturated rings. The van der Waals surface area contributed by atoms with E-state index in [0.717, 1.165) is 40.2 Å². The Kier molecular flexibility index (Phi) is 5.18. The number of benzene rings is 2. The van der Waals surface area contributed by atoms with Gasteiger partial charge in [-0.1, -0.05) is 37.3 Å². The summed E-state index contributed by atoms with van der Waals surface area (Å²) < 4.78 is 6.96. The summed E-state index contributed by atoms with van der Waals surface area (Å²) in [4.78, 5) is 12.9. The number of aryl methyl sites for hydroxylation is 3. The van der Waals surface area contributed by atoms with Crippen molar-refractivity contribution in [2.24, 2.45) is 0 Å². The van der Waals surface area contributed by atoms with E-state index < -0.39 is 0 Å². The van der Waals surface area contributed by atoms with Crippen molar-refractivity contribution in [1.29, 1.82) is 0 Å². The maximum Gasteiger partial charge on any atom is 0.278 e. The average molecular weight is 401 g/mol. The molecule has 1 amide bonds. The van der Waals surface area contributed by atoms with E-state index in [4.69, 9.17) is 9.84 Å². The van der Waals surface area contributed by atoms with Gasteiger partial charge < -0.3 is 10.1 Å². The zero-order valence-electron chi connectivity index (χ0n) is 17.4. The van der Waals surface area contributed by atoms with Crippen LogP contribution in [-0.4, -0.2) is 32.8 Å². The van der Waals surface area contributed by atoms with Crippen molar-refractivity contribution in [3.8, 4) is 16.9 Å². The minimum atomic E-state index is -0.309. The molecule has 0 aliphatic carbocycles. The van der Waals surface area contributed by atoms with E-state index in [0.29, 0.717) is 11.3 Å². The van der Waals surface area contributed by atoms with Crippen molar-refractivity contribution in [1.82, 2.24) is 19.8 Å². The molecule has 2 aromatic heterocycles. The Labute approximate surface area is 174 Å². The first-order chi connectivity index (χ1) is 14.5. The Morgan fingerprint density at radius 2 is 1.80 bits per heavy atom. The van der Waals surface area contributed by atoms with E-state index in [9.17, 15) is 4.79 Å². The molecule has 1 N–H and O–H groups in total. The van der Waals surface area contributed by atoms with Gasteiger partial charge >= 0.3 is 0 Å². The first-order valence-electron chi connectivity index (χ1n) is 9.79. The highest BCUT2D eigenvalue weighted by Crippen LogP contribution is 2.30.